The third-order valence-electron chi connectivity index (χ3n) is 6.67. The van der Waals surface area contributed by atoms with Gasteiger partial charge < -0.3 is 15.2 Å². The zero-order valence-corrected chi connectivity index (χ0v) is 21.9. The van der Waals surface area contributed by atoms with Crippen molar-refractivity contribution in [3.63, 3.8) is 0 Å². The molecule has 2 heterocycles. The minimum atomic E-state index is -1.31. The summed E-state index contributed by atoms with van der Waals surface area (Å²) >= 11 is 0. The first kappa shape index (κ1) is 27.4. The molecule has 1 aliphatic heterocycles. The summed E-state index contributed by atoms with van der Waals surface area (Å²) in [5.74, 6) is -4.43. The summed E-state index contributed by atoms with van der Waals surface area (Å²) in [7, 11) is 1.49. The highest BCUT2D eigenvalue weighted by atomic mass is 19.2. The van der Waals surface area contributed by atoms with Gasteiger partial charge in [-0.2, -0.15) is 0 Å². The Morgan fingerprint density at radius 2 is 1.71 bits per heavy atom. The number of imidazole rings is 1. The minimum absolute atomic E-state index is 0.0160. The van der Waals surface area contributed by atoms with E-state index in [1.54, 1.807) is 4.57 Å². The summed E-state index contributed by atoms with van der Waals surface area (Å²) in [5.41, 5.74) is 0.771. The molecule has 202 valence electrons. The molecule has 1 aromatic heterocycles. The summed E-state index contributed by atoms with van der Waals surface area (Å²) in [6, 6.07) is 10.2. The predicted octanol–water partition coefficient (Wildman–Crippen LogP) is 4.26. The quantitative estimate of drug-likeness (QED) is 0.470. The molecule has 0 unspecified atom stereocenters. The van der Waals surface area contributed by atoms with Crippen LogP contribution in [0.2, 0.25) is 0 Å². The Hall–Kier alpha value is -3.66. The van der Waals surface area contributed by atoms with Crippen molar-refractivity contribution in [2.24, 2.45) is 5.41 Å². The summed E-state index contributed by atoms with van der Waals surface area (Å²) in [5, 5.41) is 5.36. The van der Waals surface area contributed by atoms with Crippen molar-refractivity contribution in [1.82, 2.24) is 25.1 Å². The molecule has 0 aliphatic carbocycles. The fourth-order valence-electron chi connectivity index (χ4n) is 4.71. The number of fused-ring (bicyclic) bond motifs is 1. The molecule has 4 rings (SSSR count). The second-order valence-corrected chi connectivity index (χ2v) is 10.6. The van der Waals surface area contributed by atoms with Gasteiger partial charge in [-0.1, -0.05) is 51.1 Å². The number of amides is 2. The van der Waals surface area contributed by atoms with E-state index in [-0.39, 0.29) is 23.0 Å². The van der Waals surface area contributed by atoms with Crippen molar-refractivity contribution >= 4 is 11.8 Å². The van der Waals surface area contributed by atoms with Gasteiger partial charge in [-0.15, -0.1) is 0 Å². The number of carbonyl (C=O) groups excluding carboxylic acids is 2. The number of nitrogens with one attached hydrogen (secondary N) is 2. The number of hydrogen-bond donors (Lipinski definition) is 2. The van der Waals surface area contributed by atoms with Gasteiger partial charge in [0.2, 0.25) is 5.91 Å². The van der Waals surface area contributed by atoms with Crippen LogP contribution >= 0.6 is 0 Å². The van der Waals surface area contributed by atoms with Crippen LogP contribution in [0.15, 0.2) is 42.5 Å². The molecule has 3 aromatic rings. The van der Waals surface area contributed by atoms with Gasteiger partial charge >= 0.3 is 0 Å². The van der Waals surface area contributed by atoms with E-state index in [0.717, 1.165) is 11.6 Å². The van der Waals surface area contributed by atoms with Crippen molar-refractivity contribution in [1.29, 1.82) is 0 Å². The lowest BCUT2D eigenvalue weighted by Crippen LogP contribution is -2.53. The van der Waals surface area contributed by atoms with Crippen LogP contribution in [0, 0.1) is 22.9 Å². The van der Waals surface area contributed by atoms with Crippen LogP contribution in [0.1, 0.15) is 48.9 Å². The van der Waals surface area contributed by atoms with E-state index in [1.807, 2.05) is 51.1 Å². The average Bonchev–Trinajstić information content (AvgIpc) is 3.08. The van der Waals surface area contributed by atoms with Crippen molar-refractivity contribution in [2.45, 2.75) is 52.9 Å². The van der Waals surface area contributed by atoms with Crippen molar-refractivity contribution in [3.05, 3.63) is 76.9 Å². The fraction of sp³-hybridized carbons (Fsp3) is 0.393. The third kappa shape index (κ3) is 5.75. The van der Waals surface area contributed by atoms with E-state index in [9.17, 15) is 22.8 Å². The highest BCUT2D eigenvalue weighted by molar-refractivity contribution is 5.97. The number of nitrogens with zero attached hydrogens (tertiary/aromatic N) is 3. The maximum atomic E-state index is 14.9. The van der Waals surface area contributed by atoms with Crippen molar-refractivity contribution in [3.8, 4) is 11.4 Å². The molecule has 38 heavy (non-hydrogen) atoms. The first-order valence-electron chi connectivity index (χ1n) is 12.5. The summed E-state index contributed by atoms with van der Waals surface area (Å²) < 4.78 is 44.4. The number of benzene rings is 2. The Balaban J connectivity index is 1.79. The Labute approximate surface area is 220 Å². The molecule has 7 nitrogen and oxygen atoms in total. The smallest absolute Gasteiger partial charge is 0.272 e. The predicted molar refractivity (Wildman–Crippen MR) is 137 cm³/mol. The molecule has 2 N–H and O–H groups in total. The van der Waals surface area contributed by atoms with E-state index in [4.69, 9.17) is 0 Å². The molecule has 0 radical (unpaired) electrons. The van der Waals surface area contributed by atoms with Gasteiger partial charge in [0.15, 0.2) is 17.3 Å². The molecule has 0 bridgehead atoms. The van der Waals surface area contributed by atoms with Crippen molar-refractivity contribution < 1.29 is 22.8 Å². The highest BCUT2D eigenvalue weighted by Gasteiger charge is 2.35. The number of carbonyl (C=O) groups is 2. The Morgan fingerprint density at radius 1 is 1.03 bits per heavy atom. The largest absolute Gasteiger partial charge is 0.357 e. The Kier molecular flexibility index (Phi) is 7.91. The molecule has 2 aromatic carbocycles. The van der Waals surface area contributed by atoms with Crippen LogP contribution < -0.4 is 10.6 Å². The highest BCUT2D eigenvalue weighted by Crippen LogP contribution is 2.30. The van der Waals surface area contributed by atoms with Crippen LogP contribution in [0.4, 0.5) is 13.2 Å². The average molecular weight is 528 g/mol. The fourth-order valence-corrected chi connectivity index (χ4v) is 4.71. The summed E-state index contributed by atoms with van der Waals surface area (Å²) in [4.78, 5) is 32.8. The number of likely N-dealkylation sites (N-methyl/N-ethyl adjacent to an activating group) is 1. The second kappa shape index (κ2) is 11.0. The van der Waals surface area contributed by atoms with E-state index >= 15 is 0 Å². The van der Waals surface area contributed by atoms with Gasteiger partial charge in [0.25, 0.3) is 5.91 Å². The third-order valence-corrected chi connectivity index (χ3v) is 6.67. The molecule has 1 atom stereocenters. The maximum Gasteiger partial charge on any atom is 0.272 e. The van der Waals surface area contributed by atoms with Crippen LogP contribution in [0.3, 0.4) is 0 Å². The van der Waals surface area contributed by atoms with Gasteiger partial charge in [-0.05, 0) is 23.5 Å². The molecule has 2 amide bonds. The zero-order valence-electron chi connectivity index (χ0n) is 21.9. The SMILES string of the molecule is CNC(=O)[C@@H](NC(=O)c1nc(-c2cc(F)c(F)cc2F)n2c1CN(Cc1ccccc1)CCC2)C(C)(C)C. The van der Waals surface area contributed by atoms with Crippen LogP contribution in [0.5, 0.6) is 0 Å². The van der Waals surface area contributed by atoms with E-state index in [1.165, 1.54) is 7.05 Å². The standard InChI is InChI=1S/C28H32F3N5O2/c1-28(2,3)24(27(38)32-4)34-26(37)23-22-16-35(15-17-9-6-5-7-10-17)11-8-12-36(22)25(33-23)18-13-20(30)21(31)14-19(18)29/h5-7,9-10,13-14,24H,8,11-12,15-16H2,1-4H3,(H,32,38)(H,34,37)/t24-/m1/s1. The number of halogens is 3. The van der Waals surface area contributed by atoms with Crippen LogP contribution in [-0.2, 0) is 24.4 Å². The van der Waals surface area contributed by atoms with Crippen molar-refractivity contribution in [2.75, 3.05) is 13.6 Å². The molecular weight excluding hydrogens is 495 g/mol. The molecule has 10 heteroatoms. The molecule has 0 fully saturated rings. The van der Waals surface area contributed by atoms with E-state index in [0.29, 0.717) is 44.4 Å². The van der Waals surface area contributed by atoms with Gasteiger partial charge in [0.1, 0.15) is 17.7 Å². The lowest BCUT2D eigenvalue weighted by Gasteiger charge is -2.29. The summed E-state index contributed by atoms with van der Waals surface area (Å²) in [6.07, 6.45) is 0.665. The lowest BCUT2D eigenvalue weighted by molar-refractivity contribution is -0.124. The first-order chi connectivity index (χ1) is 18.0. The minimum Gasteiger partial charge on any atom is -0.357 e. The number of rotatable bonds is 6. The van der Waals surface area contributed by atoms with Crippen LogP contribution in [0.25, 0.3) is 11.4 Å². The number of aromatic nitrogens is 2. The zero-order chi connectivity index (χ0) is 27.6. The molecule has 1 aliphatic rings. The second-order valence-electron chi connectivity index (χ2n) is 10.6. The number of hydrogen-bond acceptors (Lipinski definition) is 4. The molecular formula is C28H32F3N5O2. The Morgan fingerprint density at radius 3 is 2.37 bits per heavy atom. The normalized spacial score (nSPS) is 14.9. The molecule has 0 saturated carbocycles. The van der Waals surface area contributed by atoms with Gasteiger partial charge in [0, 0.05) is 39.3 Å². The van der Waals surface area contributed by atoms with E-state index in [2.05, 4.69) is 20.5 Å². The van der Waals surface area contributed by atoms with Gasteiger partial charge in [-0.25, -0.2) is 18.2 Å². The maximum absolute atomic E-state index is 14.9. The Bertz CT molecular complexity index is 1330. The van der Waals surface area contributed by atoms with E-state index < -0.39 is 34.8 Å². The first-order valence-corrected chi connectivity index (χ1v) is 12.5. The van der Waals surface area contributed by atoms with Gasteiger partial charge in [-0.3, -0.25) is 14.5 Å². The summed E-state index contributed by atoms with van der Waals surface area (Å²) in [6.45, 7) is 7.49. The molecule has 0 spiro atoms. The topological polar surface area (TPSA) is 79.3 Å². The van der Waals surface area contributed by atoms with Gasteiger partial charge in [0.05, 0.1) is 11.3 Å². The van der Waals surface area contributed by atoms with Crippen LogP contribution in [-0.4, -0.2) is 45.9 Å². The monoisotopic (exact) mass is 527 g/mol. The lowest BCUT2D eigenvalue weighted by atomic mass is 9.86. The molecule has 0 saturated heterocycles.